The van der Waals surface area contributed by atoms with Gasteiger partial charge in [-0.25, -0.2) is 4.68 Å². The Morgan fingerprint density at radius 3 is 2.38 bits per heavy atom. The van der Waals surface area contributed by atoms with Gasteiger partial charge in [0.05, 0.1) is 28.8 Å². The standard InChI is InChI=1S/C24H24ClN5S2/c25-20-9-4-5-10-21(20)28-14-12-27(13-15-28)18-30-24(31)29(17-19-7-2-1-3-8-19)23(26-30)22-11-6-16-32-22/h1-11,16H,12-15,17-18H2. The molecule has 3 heterocycles. The lowest BCUT2D eigenvalue weighted by Gasteiger charge is -2.36. The second-order valence-corrected chi connectivity index (χ2v) is 9.57. The summed E-state index contributed by atoms with van der Waals surface area (Å²) in [6, 6.07) is 22.6. The van der Waals surface area contributed by atoms with Gasteiger partial charge < -0.3 is 4.90 Å². The van der Waals surface area contributed by atoms with E-state index in [0.717, 1.165) is 52.4 Å². The Bertz CT molecular complexity index is 1230. The van der Waals surface area contributed by atoms with Crippen LogP contribution in [-0.2, 0) is 13.2 Å². The molecule has 0 spiro atoms. The Kier molecular flexibility index (Phi) is 6.41. The van der Waals surface area contributed by atoms with Crippen LogP contribution in [-0.4, -0.2) is 45.4 Å². The first-order chi connectivity index (χ1) is 15.7. The summed E-state index contributed by atoms with van der Waals surface area (Å²) in [4.78, 5) is 5.89. The number of halogens is 1. The monoisotopic (exact) mass is 481 g/mol. The van der Waals surface area contributed by atoms with Gasteiger partial charge in [0.1, 0.15) is 0 Å². The van der Waals surface area contributed by atoms with E-state index in [0.29, 0.717) is 13.2 Å². The number of nitrogens with zero attached hydrogens (tertiary/aromatic N) is 5. The van der Waals surface area contributed by atoms with E-state index in [-0.39, 0.29) is 0 Å². The van der Waals surface area contributed by atoms with Gasteiger partial charge in [-0.05, 0) is 41.4 Å². The van der Waals surface area contributed by atoms with E-state index in [2.05, 4.69) is 62.2 Å². The molecule has 0 aliphatic carbocycles. The molecule has 1 aliphatic rings. The normalized spacial score (nSPS) is 14.7. The number of thiophene rings is 1. The Labute approximate surface area is 202 Å². The van der Waals surface area contributed by atoms with Crippen LogP contribution in [0.15, 0.2) is 72.1 Å². The summed E-state index contributed by atoms with van der Waals surface area (Å²) >= 11 is 14.0. The zero-order valence-electron chi connectivity index (χ0n) is 17.6. The van der Waals surface area contributed by atoms with Crippen molar-refractivity contribution in [2.75, 3.05) is 31.1 Å². The largest absolute Gasteiger partial charge is 0.368 e. The van der Waals surface area contributed by atoms with E-state index < -0.39 is 0 Å². The lowest BCUT2D eigenvalue weighted by atomic mass is 10.2. The number of benzene rings is 2. The third kappa shape index (κ3) is 4.52. The van der Waals surface area contributed by atoms with Crippen molar-refractivity contribution < 1.29 is 0 Å². The molecule has 1 saturated heterocycles. The molecule has 5 rings (SSSR count). The maximum Gasteiger partial charge on any atom is 0.199 e. The van der Waals surface area contributed by atoms with Gasteiger partial charge in [-0.1, -0.05) is 60.1 Å². The molecule has 164 valence electrons. The van der Waals surface area contributed by atoms with Gasteiger partial charge in [-0.3, -0.25) is 9.47 Å². The second kappa shape index (κ2) is 9.58. The van der Waals surface area contributed by atoms with Crippen LogP contribution in [0.5, 0.6) is 0 Å². The van der Waals surface area contributed by atoms with E-state index in [1.165, 1.54) is 5.56 Å². The average molecular weight is 482 g/mol. The van der Waals surface area contributed by atoms with Crippen molar-refractivity contribution in [3.63, 3.8) is 0 Å². The third-order valence-electron chi connectivity index (χ3n) is 5.75. The van der Waals surface area contributed by atoms with Crippen molar-refractivity contribution in [1.29, 1.82) is 0 Å². The first-order valence-electron chi connectivity index (χ1n) is 10.7. The van der Waals surface area contributed by atoms with Crippen LogP contribution >= 0.6 is 35.2 Å². The third-order valence-corrected chi connectivity index (χ3v) is 7.36. The van der Waals surface area contributed by atoms with Gasteiger partial charge in [0.15, 0.2) is 10.6 Å². The highest BCUT2D eigenvalue weighted by Crippen LogP contribution is 2.27. The van der Waals surface area contributed by atoms with Gasteiger partial charge >= 0.3 is 0 Å². The van der Waals surface area contributed by atoms with Crippen molar-refractivity contribution in [3.05, 3.63) is 87.5 Å². The summed E-state index contributed by atoms with van der Waals surface area (Å²) in [7, 11) is 0. The van der Waals surface area contributed by atoms with E-state index in [1.807, 2.05) is 28.9 Å². The minimum atomic E-state index is 0.690. The topological polar surface area (TPSA) is 29.2 Å². The molecular formula is C24H24ClN5S2. The molecule has 1 fully saturated rings. The molecule has 0 unspecified atom stereocenters. The van der Waals surface area contributed by atoms with Crippen LogP contribution < -0.4 is 4.90 Å². The van der Waals surface area contributed by atoms with Crippen LogP contribution in [0.2, 0.25) is 5.02 Å². The van der Waals surface area contributed by atoms with E-state index >= 15 is 0 Å². The SMILES string of the molecule is S=c1n(CN2CCN(c3ccccc3Cl)CC2)nc(-c2cccs2)n1Cc1ccccc1. The lowest BCUT2D eigenvalue weighted by molar-refractivity contribution is 0.194. The van der Waals surface area contributed by atoms with Crippen LogP contribution in [0, 0.1) is 4.77 Å². The van der Waals surface area contributed by atoms with Crippen molar-refractivity contribution >= 4 is 40.8 Å². The van der Waals surface area contributed by atoms with Crippen molar-refractivity contribution in [2.45, 2.75) is 13.2 Å². The van der Waals surface area contributed by atoms with E-state index in [1.54, 1.807) is 11.3 Å². The fourth-order valence-electron chi connectivity index (χ4n) is 4.06. The van der Waals surface area contributed by atoms with Gasteiger partial charge in [0, 0.05) is 26.2 Å². The predicted molar refractivity (Wildman–Crippen MR) is 135 cm³/mol. The zero-order chi connectivity index (χ0) is 21.9. The lowest BCUT2D eigenvalue weighted by Crippen LogP contribution is -2.47. The average Bonchev–Trinajstić information content (AvgIpc) is 3.45. The molecule has 0 atom stereocenters. The summed E-state index contributed by atoms with van der Waals surface area (Å²) in [5.41, 5.74) is 2.33. The van der Waals surface area contributed by atoms with Gasteiger partial charge in [0.25, 0.3) is 0 Å². The molecule has 2 aromatic carbocycles. The molecule has 0 radical (unpaired) electrons. The molecule has 0 saturated carbocycles. The maximum absolute atomic E-state index is 6.40. The van der Waals surface area contributed by atoms with Gasteiger partial charge in [-0.15, -0.1) is 16.4 Å². The summed E-state index contributed by atoms with van der Waals surface area (Å²) < 4.78 is 4.88. The highest BCUT2D eigenvalue weighted by Gasteiger charge is 2.21. The predicted octanol–water partition coefficient (Wildman–Crippen LogP) is 5.62. The summed E-state index contributed by atoms with van der Waals surface area (Å²) in [6.07, 6.45) is 0. The van der Waals surface area contributed by atoms with Crippen LogP contribution in [0.4, 0.5) is 5.69 Å². The zero-order valence-corrected chi connectivity index (χ0v) is 20.0. The quantitative estimate of drug-likeness (QED) is 0.334. The first kappa shape index (κ1) is 21.4. The molecular weight excluding hydrogens is 458 g/mol. The van der Waals surface area contributed by atoms with Crippen LogP contribution in [0.25, 0.3) is 10.7 Å². The molecule has 2 aromatic heterocycles. The Hall–Kier alpha value is -2.45. The fourth-order valence-corrected chi connectivity index (χ4v) is 5.28. The molecule has 4 aromatic rings. The smallest absolute Gasteiger partial charge is 0.199 e. The highest BCUT2D eigenvalue weighted by molar-refractivity contribution is 7.71. The number of piperazine rings is 1. The van der Waals surface area contributed by atoms with Crippen LogP contribution in [0.1, 0.15) is 5.56 Å². The number of rotatable bonds is 6. The summed E-state index contributed by atoms with van der Waals surface area (Å²) in [5.74, 6) is 0.934. The maximum atomic E-state index is 6.40. The first-order valence-corrected chi connectivity index (χ1v) is 12.3. The number of para-hydroxylation sites is 1. The minimum Gasteiger partial charge on any atom is -0.368 e. The van der Waals surface area contributed by atoms with Crippen molar-refractivity contribution in [2.24, 2.45) is 0 Å². The Morgan fingerprint density at radius 2 is 1.66 bits per heavy atom. The summed E-state index contributed by atoms with van der Waals surface area (Å²) in [5, 5.41) is 7.83. The van der Waals surface area contributed by atoms with Crippen molar-refractivity contribution in [1.82, 2.24) is 19.2 Å². The van der Waals surface area contributed by atoms with Gasteiger partial charge in [0.2, 0.25) is 0 Å². The number of anilines is 1. The molecule has 8 heteroatoms. The van der Waals surface area contributed by atoms with Gasteiger partial charge in [-0.2, -0.15) is 0 Å². The number of hydrogen-bond donors (Lipinski definition) is 0. The second-order valence-electron chi connectivity index (χ2n) is 7.85. The number of aromatic nitrogens is 3. The molecule has 1 aliphatic heterocycles. The molecule has 0 amide bonds. The molecule has 5 nitrogen and oxygen atoms in total. The minimum absolute atomic E-state index is 0.690. The molecule has 0 N–H and O–H groups in total. The summed E-state index contributed by atoms with van der Waals surface area (Å²) in [6.45, 7) is 5.14. The van der Waals surface area contributed by atoms with Crippen LogP contribution in [0.3, 0.4) is 0 Å². The number of hydrogen-bond acceptors (Lipinski definition) is 5. The Balaban J connectivity index is 1.35. The molecule has 0 bridgehead atoms. The molecule has 32 heavy (non-hydrogen) atoms. The fraction of sp³-hybridized carbons (Fsp3) is 0.250. The van der Waals surface area contributed by atoms with Crippen molar-refractivity contribution in [3.8, 4) is 10.7 Å². The Morgan fingerprint density at radius 1 is 0.906 bits per heavy atom. The van der Waals surface area contributed by atoms with E-state index in [4.69, 9.17) is 28.9 Å². The van der Waals surface area contributed by atoms with E-state index in [9.17, 15) is 0 Å². The highest BCUT2D eigenvalue weighted by atomic mass is 35.5.